The lowest BCUT2D eigenvalue weighted by Crippen LogP contribution is -2.31. The Morgan fingerprint density at radius 3 is 2.64 bits per heavy atom. The van der Waals surface area contributed by atoms with Crippen LogP contribution in [0.4, 0.5) is 10.1 Å². The third-order valence-corrected chi connectivity index (χ3v) is 3.47. The van der Waals surface area contributed by atoms with Crippen LogP contribution in [0.3, 0.4) is 0 Å². The summed E-state index contributed by atoms with van der Waals surface area (Å²) < 4.78 is 23.6. The maximum atomic E-state index is 13.1. The Hall–Kier alpha value is -2.89. The predicted octanol–water partition coefficient (Wildman–Crippen LogP) is 3.34. The van der Waals surface area contributed by atoms with Crippen LogP contribution in [-0.4, -0.2) is 24.6 Å². The average molecular weight is 345 g/mol. The highest BCUT2D eigenvalue weighted by atomic mass is 19.1. The molecule has 0 aliphatic heterocycles. The molecule has 6 heteroatoms. The summed E-state index contributed by atoms with van der Waals surface area (Å²) in [5.74, 6) is -1.06. The van der Waals surface area contributed by atoms with E-state index in [4.69, 9.17) is 9.47 Å². The molecule has 0 saturated carbocycles. The average Bonchev–Trinajstić information content (AvgIpc) is 2.60. The molecule has 0 heterocycles. The van der Waals surface area contributed by atoms with E-state index in [0.29, 0.717) is 11.4 Å². The lowest BCUT2D eigenvalue weighted by molar-refractivity contribution is -0.155. The number of halogens is 1. The van der Waals surface area contributed by atoms with Crippen molar-refractivity contribution in [3.63, 3.8) is 0 Å². The first-order valence-electron chi connectivity index (χ1n) is 7.96. The molecule has 0 aliphatic carbocycles. The molecule has 0 spiro atoms. The fourth-order valence-electron chi connectivity index (χ4n) is 2.17. The number of amides is 1. The van der Waals surface area contributed by atoms with Crippen LogP contribution in [0.25, 0.3) is 0 Å². The molecule has 1 atom stereocenters. The molecule has 0 saturated heterocycles. The molecule has 132 valence electrons. The Morgan fingerprint density at radius 1 is 1.16 bits per heavy atom. The van der Waals surface area contributed by atoms with Crippen molar-refractivity contribution in [1.29, 1.82) is 0 Å². The van der Waals surface area contributed by atoms with Crippen LogP contribution in [0.15, 0.2) is 48.5 Å². The van der Waals surface area contributed by atoms with Gasteiger partial charge in [-0.3, -0.25) is 4.79 Å². The quantitative estimate of drug-likeness (QED) is 0.782. The summed E-state index contributed by atoms with van der Waals surface area (Å²) in [7, 11) is 0. The van der Waals surface area contributed by atoms with Gasteiger partial charge in [-0.15, -0.1) is 0 Å². The SMILES string of the molecule is CCc1ccccc1OCC(=O)OC(C)C(=O)Nc1cccc(F)c1. The number of carbonyl (C=O) groups excluding carboxylic acids is 2. The van der Waals surface area contributed by atoms with Crippen molar-refractivity contribution in [3.05, 3.63) is 59.9 Å². The van der Waals surface area contributed by atoms with Gasteiger partial charge in [-0.05, 0) is 43.2 Å². The van der Waals surface area contributed by atoms with Crippen molar-refractivity contribution in [2.45, 2.75) is 26.4 Å². The summed E-state index contributed by atoms with van der Waals surface area (Å²) in [6.07, 6.45) is -0.252. The fourth-order valence-corrected chi connectivity index (χ4v) is 2.17. The minimum atomic E-state index is -1.03. The van der Waals surface area contributed by atoms with E-state index in [-0.39, 0.29) is 6.61 Å². The van der Waals surface area contributed by atoms with Gasteiger partial charge in [0.05, 0.1) is 0 Å². The molecule has 25 heavy (non-hydrogen) atoms. The number of hydrogen-bond acceptors (Lipinski definition) is 4. The first kappa shape index (κ1) is 18.4. The van der Waals surface area contributed by atoms with Gasteiger partial charge in [0.25, 0.3) is 5.91 Å². The van der Waals surface area contributed by atoms with E-state index in [1.165, 1.54) is 25.1 Å². The summed E-state index contributed by atoms with van der Waals surface area (Å²) in [6.45, 7) is 3.13. The second-order valence-electron chi connectivity index (χ2n) is 5.38. The highest BCUT2D eigenvalue weighted by Crippen LogP contribution is 2.18. The smallest absolute Gasteiger partial charge is 0.344 e. The van der Waals surface area contributed by atoms with E-state index in [2.05, 4.69) is 5.32 Å². The van der Waals surface area contributed by atoms with E-state index in [1.807, 2.05) is 25.1 Å². The van der Waals surface area contributed by atoms with Gasteiger partial charge in [-0.2, -0.15) is 0 Å². The van der Waals surface area contributed by atoms with Gasteiger partial charge in [0, 0.05) is 5.69 Å². The van der Waals surface area contributed by atoms with Gasteiger partial charge in [0.15, 0.2) is 12.7 Å². The van der Waals surface area contributed by atoms with Crippen LogP contribution in [-0.2, 0) is 20.7 Å². The van der Waals surface area contributed by atoms with Crippen LogP contribution in [0.2, 0.25) is 0 Å². The Bertz CT molecular complexity index is 748. The molecule has 2 rings (SSSR count). The highest BCUT2D eigenvalue weighted by Gasteiger charge is 2.18. The normalized spacial score (nSPS) is 11.5. The van der Waals surface area contributed by atoms with E-state index in [9.17, 15) is 14.0 Å². The van der Waals surface area contributed by atoms with Crippen LogP contribution in [0.5, 0.6) is 5.75 Å². The summed E-state index contributed by atoms with van der Waals surface area (Å²) in [5.41, 5.74) is 1.27. The standard InChI is InChI=1S/C19H20FNO4/c1-3-14-7-4-5-10-17(14)24-12-18(22)25-13(2)19(23)21-16-9-6-8-15(20)11-16/h4-11,13H,3,12H2,1-2H3,(H,21,23). The summed E-state index contributed by atoms with van der Waals surface area (Å²) in [6, 6.07) is 12.8. The molecule has 0 bridgehead atoms. The highest BCUT2D eigenvalue weighted by molar-refractivity contribution is 5.95. The number of hydrogen-bond donors (Lipinski definition) is 1. The molecule has 0 fully saturated rings. The van der Waals surface area contributed by atoms with Crippen LogP contribution in [0.1, 0.15) is 19.4 Å². The number of nitrogens with one attached hydrogen (secondary N) is 1. The number of para-hydroxylation sites is 1. The molecule has 1 unspecified atom stereocenters. The van der Waals surface area contributed by atoms with E-state index in [0.717, 1.165) is 12.0 Å². The Balaban J connectivity index is 1.84. The topological polar surface area (TPSA) is 64.6 Å². The van der Waals surface area contributed by atoms with Crippen LogP contribution in [0, 0.1) is 5.82 Å². The lowest BCUT2D eigenvalue weighted by Gasteiger charge is -2.14. The van der Waals surface area contributed by atoms with Crippen molar-refractivity contribution in [1.82, 2.24) is 0 Å². The van der Waals surface area contributed by atoms with Crippen LogP contribution < -0.4 is 10.1 Å². The van der Waals surface area contributed by atoms with Gasteiger partial charge < -0.3 is 14.8 Å². The summed E-state index contributed by atoms with van der Waals surface area (Å²) in [5, 5.41) is 2.48. The lowest BCUT2D eigenvalue weighted by atomic mass is 10.1. The third kappa shape index (κ3) is 5.60. The molecule has 0 aromatic heterocycles. The molecule has 0 aliphatic rings. The first-order chi connectivity index (χ1) is 12.0. The van der Waals surface area contributed by atoms with Crippen molar-refractivity contribution < 1.29 is 23.5 Å². The van der Waals surface area contributed by atoms with E-state index >= 15 is 0 Å². The monoisotopic (exact) mass is 345 g/mol. The number of carbonyl (C=O) groups is 2. The molecule has 2 aromatic carbocycles. The zero-order valence-electron chi connectivity index (χ0n) is 14.1. The van der Waals surface area contributed by atoms with Crippen molar-refractivity contribution >= 4 is 17.6 Å². The predicted molar refractivity (Wildman–Crippen MR) is 91.9 cm³/mol. The molecule has 1 N–H and O–H groups in total. The summed E-state index contributed by atoms with van der Waals surface area (Å²) in [4.78, 5) is 23.8. The second-order valence-corrected chi connectivity index (χ2v) is 5.38. The maximum Gasteiger partial charge on any atom is 0.344 e. The Morgan fingerprint density at radius 2 is 1.92 bits per heavy atom. The number of ether oxygens (including phenoxy) is 2. The molecule has 1 amide bonds. The van der Waals surface area contributed by atoms with Gasteiger partial charge in [0.2, 0.25) is 0 Å². The van der Waals surface area contributed by atoms with Gasteiger partial charge in [-0.1, -0.05) is 31.2 Å². The van der Waals surface area contributed by atoms with Gasteiger partial charge in [0.1, 0.15) is 11.6 Å². The van der Waals surface area contributed by atoms with E-state index < -0.39 is 23.8 Å². The number of aryl methyl sites for hydroxylation is 1. The molecule has 0 radical (unpaired) electrons. The second kappa shape index (κ2) is 8.82. The number of anilines is 1. The van der Waals surface area contributed by atoms with Gasteiger partial charge in [-0.25, -0.2) is 9.18 Å². The number of rotatable bonds is 7. The van der Waals surface area contributed by atoms with Crippen molar-refractivity contribution in [2.24, 2.45) is 0 Å². The molecular weight excluding hydrogens is 325 g/mol. The zero-order chi connectivity index (χ0) is 18.2. The Labute approximate surface area is 145 Å². The fraction of sp³-hybridized carbons (Fsp3) is 0.263. The molecule has 5 nitrogen and oxygen atoms in total. The van der Waals surface area contributed by atoms with E-state index in [1.54, 1.807) is 12.1 Å². The van der Waals surface area contributed by atoms with Crippen LogP contribution >= 0.6 is 0 Å². The largest absolute Gasteiger partial charge is 0.482 e. The maximum absolute atomic E-state index is 13.1. The zero-order valence-corrected chi connectivity index (χ0v) is 14.1. The summed E-state index contributed by atoms with van der Waals surface area (Å²) >= 11 is 0. The molecular formula is C19H20FNO4. The number of benzene rings is 2. The minimum absolute atomic E-state index is 0.293. The molecule has 2 aromatic rings. The van der Waals surface area contributed by atoms with Crippen molar-refractivity contribution in [2.75, 3.05) is 11.9 Å². The number of esters is 1. The van der Waals surface area contributed by atoms with Gasteiger partial charge >= 0.3 is 5.97 Å². The Kier molecular flexibility index (Phi) is 6.51. The van der Waals surface area contributed by atoms with Crippen molar-refractivity contribution in [3.8, 4) is 5.75 Å². The first-order valence-corrected chi connectivity index (χ1v) is 7.96. The minimum Gasteiger partial charge on any atom is -0.482 e. The third-order valence-electron chi connectivity index (χ3n) is 3.47.